The van der Waals surface area contributed by atoms with Crippen LogP contribution in [0.1, 0.15) is 45.2 Å². The maximum atomic E-state index is 11.6. The van der Waals surface area contributed by atoms with Crippen molar-refractivity contribution in [1.29, 1.82) is 5.26 Å². The smallest absolute Gasteiger partial charge is 0.306 e. The summed E-state index contributed by atoms with van der Waals surface area (Å²) >= 11 is 0. The zero-order chi connectivity index (χ0) is 13.6. The van der Waals surface area contributed by atoms with E-state index in [-0.39, 0.29) is 18.3 Å². The van der Waals surface area contributed by atoms with E-state index in [1.165, 1.54) is 0 Å². The van der Waals surface area contributed by atoms with Gasteiger partial charge in [0.1, 0.15) is 5.60 Å². The molecule has 0 fully saturated rings. The third-order valence-corrected chi connectivity index (χ3v) is 2.26. The average Bonchev–Trinajstić information content (AvgIpc) is 2.29. The van der Waals surface area contributed by atoms with Gasteiger partial charge in [-0.05, 0) is 39.3 Å². The Morgan fingerprint density at radius 1 is 1.50 bits per heavy atom. The minimum atomic E-state index is -0.482. The normalized spacial score (nSPS) is 12.6. The molecule has 1 atom stereocenters. The third kappa shape index (κ3) is 4.96. The topological polar surface area (TPSA) is 63.0 Å². The van der Waals surface area contributed by atoms with Crippen molar-refractivity contribution in [2.75, 3.05) is 0 Å². The molecule has 1 heterocycles. The van der Waals surface area contributed by atoms with Crippen LogP contribution in [0.5, 0.6) is 0 Å². The summed E-state index contributed by atoms with van der Waals surface area (Å²) in [5.41, 5.74) is 0.216. The summed E-state index contributed by atoms with van der Waals surface area (Å²) in [4.78, 5) is 15.7. The number of nitriles is 1. The minimum absolute atomic E-state index is 0.228. The van der Waals surface area contributed by atoms with Crippen LogP contribution >= 0.6 is 0 Å². The molecule has 0 amide bonds. The molecular weight excluding hydrogens is 228 g/mol. The first-order valence-electron chi connectivity index (χ1n) is 5.95. The predicted octanol–water partition coefficient (Wildman–Crippen LogP) is 2.81. The summed E-state index contributed by atoms with van der Waals surface area (Å²) in [6.45, 7) is 5.47. The molecule has 1 rings (SSSR count). The van der Waals surface area contributed by atoms with E-state index in [0.717, 1.165) is 0 Å². The summed E-state index contributed by atoms with van der Waals surface area (Å²) in [5.74, 6) is -0.641. The molecule has 1 unspecified atom stereocenters. The number of carbonyl (C=O) groups excluding carboxylic acids is 1. The number of nitrogens with zero attached hydrogens (tertiary/aromatic N) is 2. The Morgan fingerprint density at radius 2 is 2.22 bits per heavy atom. The van der Waals surface area contributed by atoms with E-state index in [9.17, 15) is 4.79 Å². The third-order valence-electron chi connectivity index (χ3n) is 2.26. The maximum absolute atomic E-state index is 11.6. The molecule has 0 aromatic carbocycles. The zero-order valence-corrected chi connectivity index (χ0v) is 11.0. The highest BCUT2D eigenvalue weighted by atomic mass is 16.6. The first-order valence-corrected chi connectivity index (χ1v) is 5.95. The highest BCUT2D eigenvalue weighted by Crippen LogP contribution is 2.19. The molecule has 0 aliphatic carbocycles. The molecule has 1 aromatic heterocycles. The molecule has 4 heteroatoms. The zero-order valence-electron chi connectivity index (χ0n) is 11.0. The van der Waals surface area contributed by atoms with Crippen molar-refractivity contribution in [3.63, 3.8) is 0 Å². The van der Waals surface area contributed by atoms with Gasteiger partial charge in [-0.1, -0.05) is 6.07 Å². The molecule has 0 aliphatic rings. The average molecular weight is 246 g/mol. The van der Waals surface area contributed by atoms with Crippen LogP contribution in [0.3, 0.4) is 0 Å². The standard InChI is InChI=1S/C14H18N2O2/c1-14(2,3)18-13(17)8-7-11(10-15)12-6-4-5-9-16-12/h4-6,9,11H,7-8H2,1-3H3. The second-order valence-electron chi connectivity index (χ2n) is 5.06. The fourth-order valence-electron chi connectivity index (χ4n) is 1.52. The lowest BCUT2D eigenvalue weighted by Gasteiger charge is -2.19. The number of hydrogen-bond donors (Lipinski definition) is 0. The van der Waals surface area contributed by atoms with Gasteiger partial charge in [0.25, 0.3) is 0 Å². The second kappa shape index (κ2) is 6.15. The van der Waals surface area contributed by atoms with Crippen molar-refractivity contribution in [2.45, 2.75) is 45.1 Å². The number of aromatic nitrogens is 1. The van der Waals surface area contributed by atoms with E-state index in [1.807, 2.05) is 26.8 Å². The Balaban J connectivity index is 2.52. The summed E-state index contributed by atoms with van der Waals surface area (Å²) < 4.78 is 5.20. The number of ether oxygens (including phenoxy) is 1. The van der Waals surface area contributed by atoms with Crippen LogP contribution in [0.4, 0.5) is 0 Å². The number of hydrogen-bond acceptors (Lipinski definition) is 4. The maximum Gasteiger partial charge on any atom is 0.306 e. The molecule has 0 N–H and O–H groups in total. The van der Waals surface area contributed by atoms with Crippen molar-refractivity contribution >= 4 is 5.97 Å². The van der Waals surface area contributed by atoms with Gasteiger partial charge in [-0.2, -0.15) is 5.26 Å². The lowest BCUT2D eigenvalue weighted by molar-refractivity contribution is -0.154. The molecule has 0 saturated heterocycles. The molecule has 18 heavy (non-hydrogen) atoms. The Hall–Kier alpha value is -1.89. The van der Waals surface area contributed by atoms with Crippen molar-refractivity contribution in [3.8, 4) is 6.07 Å². The number of esters is 1. The van der Waals surface area contributed by atoms with Gasteiger partial charge < -0.3 is 4.74 Å². The van der Waals surface area contributed by atoms with Gasteiger partial charge in [-0.15, -0.1) is 0 Å². The van der Waals surface area contributed by atoms with Crippen LogP contribution in [0.15, 0.2) is 24.4 Å². The summed E-state index contributed by atoms with van der Waals surface area (Å²) in [6, 6.07) is 7.59. The van der Waals surface area contributed by atoms with Gasteiger partial charge in [0.05, 0.1) is 17.7 Å². The monoisotopic (exact) mass is 246 g/mol. The van der Waals surface area contributed by atoms with Gasteiger partial charge in [0.15, 0.2) is 0 Å². The molecule has 0 bridgehead atoms. The molecule has 0 radical (unpaired) electrons. The van der Waals surface area contributed by atoms with Crippen LogP contribution < -0.4 is 0 Å². The van der Waals surface area contributed by atoms with Crippen LogP contribution in [-0.4, -0.2) is 16.6 Å². The highest BCUT2D eigenvalue weighted by molar-refractivity contribution is 5.70. The summed E-state index contributed by atoms with van der Waals surface area (Å²) in [6.07, 6.45) is 2.31. The molecule has 4 nitrogen and oxygen atoms in total. The molecule has 0 spiro atoms. The lowest BCUT2D eigenvalue weighted by atomic mass is 10.0. The lowest BCUT2D eigenvalue weighted by Crippen LogP contribution is -2.24. The minimum Gasteiger partial charge on any atom is -0.460 e. The van der Waals surface area contributed by atoms with Crippen LogP contribution in [0, 0.1) is 11.3 Å². The molecule has 0 saturated carbocycles. The fourth-order valence-corrected chi connectivity index (χ4v) is 1.52. The molecule has 0 aliphatic heterocycles. The Labute approximate surface area is 108 Å². The van der Waals surface area contributed by atoms with Gasteiger partial charge in [0.2, 0.25) is 0 Å². The van der Waals surface area contributed by atoms with E-state index < -0.39 is 5.60 Å². The highest BCUT2D eigenvalue weighted by Gasteiger charge is 2.19. The Kier molecular flexibility index (Phi) is 4.85. The number of rotatable bonds is 4. The van der Waals surface area contributed by atoms with Crippen molar-refractivity contribution in [3.05, 3.63) is 30.1 Å². The Bertz CT molecular complexity index is 429. The first-order chi connectivity index (χ1) is 8.42. The largest absolute Gasteiger partial charge is 0.460 e. The van der Waals surface area contributed by atoms with Crippen LogP contribution in [0.25, 0.3) is 0 Å². The summed E-state index contributed by atoms with van der Waals surface area (Å²) in [5, 5.41) is 9.08. The molecular formula is C14H18N2O2. The SMILES string of the molecule is CC(C)(C)OC(=O)CCC(C#N)c1ccccn1. The Morgan fingerprint density at radius 3 is 2.72 bits per heavy atom. The van der Waals surface area contributed by atoms with Crippen molar-refractivity contribution < 1.29 is 9.53 Å². The van der Waals surface area contributed by atoms with Gasteiger partial charge >= 0.3 is 5.97 Å². The quantitative estimate of drug-likeness (QED) is 0.766. The number of carbonyl (C=O) groups is 1. The van der Waals surface area contributed by atoms with E-state index in [4.69, 9.17) is 10.00 Å². The van der Waals surface area contributed by atoms with E-state index in [0.29, 0.717) is 12.1 Å². The van der Waals surface area contributed by atoms with Crippen LogP contribution in [0.2, 0.25) is 0 Å². The van der Waals surface area contributed by atoms with E-state index in [1.54, 1.807) is 18.3 Å². The predicted molar refractivity (Wildman–Crippen MR) is 67.7 cm³/mol. The molecule has 1 aromatic rings. The first kappa shape index (κ1) is 14.2. The van der Waals surface area contributed by atoms with E-state index in [2.05, 4.69) is 11.1 Å². The fraction of sp³-hybridized carbons (Fsp3) is 0.500. The van der Waals surface area contributed by atoms with Crippen molar-refractivity contribution in [2.24, 2.45) is 0 Å². The van der Waals surface area contributed by atoms with Gasteiger partial charge in [0, 0.05) is 12.6 Å². The van der Waals surface area contributed by atoms with Crippen LogP contribution in [-0.2, 0) is 9.53 Å². The number of pyridine rings is 1. The van der Waals surface area contributed by atoms with Gasteiger partial charge in [-0.3, -0.25) is 9.78 Å². The second-order valence-corrected chi connectivity index (χ2v) is 5.06. The van der Waals surface area contributed by atoms with Gasteiger partial charge in [-0.25, -0.2) is 0 Å². The van der Waals surface area contributed by atoms with Crippen molar-refractivity contribution in [1.82, 2.24) is 4.98 Å². The molecule has 96 valence electrons. The van der Waals surface area contributed by atoms with E-state index >= 15 is 0 Å². The summed E-state index contributed by atoms with van der Waals surface area (Å²) in [7, 11) is 0.